The fourth-order valence-electron chi connectivity index (χ4n) is 2.53. The number of carbonyl (C=O) groups excluding carboxylic acids is 1. The highest BCUT2D eigenvalue weighted by Crippen LogP contribution is 2.17. The van der Waals surface area contributed by atoms with Crippen molar-refractivity contribution in [3.05, 3.63) is 59.7 Å². The van der Waals surface area contributed by atoms with Crippen molar-refractivity contribution in [2.24, 2.45) is 0 Å². The number of aromatic nitrogens is 4. The molecule has 0 aliphatic rings. The van der Waals surface area contributed by atoms with Crippen LogP contribution >= 0.6 is 0 Å². The molecule has 0 aliphatic heterocycles. The van der Waals surface area contributed by atoms with Gasteiger partial charge in [-0.05, 0) is 44.0 Å². The Labute approximate surface area is 158 Å². The third kappa shape index (κ3) is 4.81. The van der Waals surface area contributed by atoms with E-state index in [1.54, 1.807) is 4.68 Å². The Kier molecular flexibility index (Phi) is 5.65. The highest BCUT2D eigenvalue weighted by Gasteiger charge is 2.06. The van der Waals surface area contributed by atoms with E-state index in [9.17, 15) is 4.79 Å². The maximum atomic E-state index is 12.0. The summed E-state index contributed by atoms with van der Waals surface area (Å²) in [5.41, 5.74) is 3.94. The topological polar surface area (TPSA) is 96.8 Å². The molecule has 0 atom stereocenters. The van der Waals surface area contributed by atoms with Crippen molar-refractivity contribution in [2.45, 2.75) is 20.8 Å². The highest BCUT2D eigenvalue weighted by atomic mass is 16.2. The summed E-state index contributed by atoms with van der Waals surface area (Å²) in [5, 5.41) is 13.2. The molecule has 0 saturated carbocycles. The lowest BCUT2D eigenvalue weighted by Crippen LogP contribution is -2.33. The Hall–Kier alpha value is -3.42. The van der Waals surface area contributed by atoms with E-state index in [2.05, 4.69) is 31.0 Å². The second-order valence-corrected chi connectivity index (χ2v) is 6.22. The van der Waals surface area contributed by atoms with Crippen LogP contribution in [-0.4, -0.2) is 38.9 Å². The van der Waals surface area contributed by atoms with Gasteiger partial charge in [0.15, 0.2) is 5.82 Å². The number of carbonyl (C=O) groups is 1. The number of amides is 2. The van der Waals surface area contributed by atoms with Gasteiger partial charge in [-0.15, -0.1) is 0 Å². The van der Waals surface area contributed by atoms with Crippen LogP contribution < -0.4 is 16.0 Å². The Balaban J connectivity index is 1.47. The number of hydrogen-bond donors (Lipinski definition) is 3. The molecule has 2 amide bonds. The summed E-state index contributed by atoms with van der Waals surface area (Å²) in [6.45, 7) is 6.92. The molecule has 140 valence electrons. The highest BCUT2D eigenvalue weighted by molar-refractivity contribution is 5.90. The summed E-state index contributed by atoms with van der Waals surface area (Å²) >= 11 is 0. The van der Waals surface area contributed by atoms with Crippen molar-refractivity contribution in [1.29, 1.82) is 0 Å². The summed E-state index contributed by atoms with van der Waals surface area (Å²) in [7, 11) is 0. The molecule has 0 spiro atoms. The number of nitrogens with one attached hydrogen (secondary N) is 3. The third-order valence-electron chi connectivity index (χ3n) is 4.18. The van der Waals surface area contributed by atoms with Crippen LogP contribution in [0.1, 0.15) is 16.8 Å². The number of aryl methyl sites for hydroxylation is 2. The van der Waals surface area contributed by atoms with Gasteiger partial charge in [0.2, 0.25) is 0 Å². The Morgan fingerprint density at radius 3 is 2.74 bits per heavy atom. The quantitative estimate of drug-likeness (QED) is 0.584. The largest absolute Gasteiger partial charge is 0.368 e. The molecular weight excluding hydrogens is 342 g/mol. The lowest BCUT2D eigenvalue weighted by Gasteiger charge is -2.12. The maximum Gasteiger partial charge on any atom is 0.319 e. The van der Waals surface area contributed by atoms with Gasteiger partial charge in [-0.2, -0.15) is 5.10 Å². The zero-order valence-corrected chi connectivity index (χ0v) is 15.7. The SMILES string of the molecule is Cc1ccn(-c2cc(NCCNC(=O)Nc3cccc(C)c3C)ncn2)n1. The first-order valence-electron chi connectivity index (χ1n) is 8.72. The lowest BCUT2D eigenvalue weighted by atomic mass is 10.1. The number of urea groups is 1. The fourth-order valence-corrected chi connectivity index (χ4v) is 2.53. The molecule has 2 heterocycles. The predicted molar refractivity (Wildman–Crippen MR) is 105 cm³/mol. The standard InChI is InChI=1S/C19H23N7O/c1-13-5-4-6-16(15(13)3)24-19(27)21-9-8-20-17-11-18(23-12-22-17)26-10-7-14(2)25-26/h4-7,10-12H,8-9H2,1-3H3,(H,20,22,23)(H2,21,24,27). The molecule has 0 bridgehead atoms. The number of hydrogen-bond acceptors (Lipinski definition) is 5. The van der Waals surface area contributed by atoms with Crippen LogP contribution in [0.15, 0.2) is 42.9 Å². The van der Waals surface area contributed by atoms with Gasteiger partial charge in [0.05, 0.1) is 5.69 Å². The predicted octanol–water partition coefficient (Wildman–Crippen LogP) is 2.82. The molecule has 0 fully saturated rings. The first-order chi connectivity index (χ1) is 13.0. The van der Waals surface area contributed by atoms with Crippen molar-refractivity contribution in [3.8, 4) is 5.82 Å². The fraction of sp³-hybridized carbons (Fsp3) is 0.263. The minimum absolute atomic E-state index is 0.235. The minimum Gasteiger partial charge on any atom is -0.368 e. The smallest absolute Gasteiger partial charge is 0.319 e. The number of benzene rings is 1. The second-order valence-electron chi connectivity index (χ2n) is 6.22. The van der Waals surface area contributed by atoms with Crippen molar-refractivity contribution < 1.29 is 4.79 Å². The average Bonchev–Trinajstić information content (AvgIpc) is 3.09. The van der Waals surface area contributed by atoms with Gasteiger partial charge in [-0.3, -0.25) is 0 Å². The summed E-state index contributed by atoms with van der Waals surface area (Å²) in [4.78, 5) is 20.4. The van der Waals surface area contributed by atoms with E-state index in [4.69, 9.17) is 0 Å². The summed E-state index contributed by atoms with van der Waals surface area (Å²) < 4.78 is 1.69. The van der Waals surface area contributed by atoms with Crippen LogP contribution in [0.25, 0.3) is 5.82 Å². The second kappa shape index (κ2) is 8.31. The first-order valence-corrected chi connectivity index (χ1v) is 8.72. The van der Waals surface area contributed by atoms with E-state index < -0.39 is 0 Å². The molecule has 0 unspecified atom stereocenters. The van der Waals surface area contributed by atoms with Crippen LogP contribution in [0.5, 0.6) is 0 Å². The average molecular weight is 365 g/mol. The van der Waals surface area contributed by atoms with Crippen molar-refractivity contribution in [1.82, 2.24) is 25.1 Å². The van der Waals surface area contributed by atoms with Gasteiger partial charge in [0.1, 0.15) is 12.1 Å². The normalized spacial score (nSPS) is 10.5. The molecule has 8 heteroatoms. The number of rotatable bonds is 6. The van der Waals surface area contributed by atoms with Gasteiger partial charge < -0.3 is 16.0 Å². The number of anilines is 2. The van der Waals surface area contributed by atoms with Gasteiger partial charge >= 0.3 is 6.03 Å². The zero-order chi connectivity index (χ0) is 19.2. The van der Waals surface area contributed by atoms with E-state index in [0.717, 1.165) is 22.5 Å². The van der Waals surface area contributed by atoms with Crippen LogP contribution in [0.3, 0.4) is 0 Å². The van der Waals surface area contributed by atoms with Crippen LogP contribution in [0.4, 0.5) is 16.3 Å². The minimum atomic E-state index is -0.235. The van der Waals surface area contributed by atoms with Crippen LogP contribution in [-0.2, 0) is 0 Å². The van der Waals surface area contributed by atoms with E-state index in [1.807, 2.05) is 57.3 Å². The molecule has 2 aromatic heterocycles. The lowest BCUT2D eigenvalue weighted by molar-refractivity contribution is 0.252. The van der Waals surface area contributed by atoms with Crippen molar-refractivity contribution in [2.75, 3.05) is 23.7 Å². The monoisotopic (exact) mass is 365 g/mol. The van der Waals surface area contributed by atoms with Crippen LogP contribution in [0, 0.1) is 20.8 Å². The van der Waals surface area contributed by atoms with Crippen molar-refractivity contribution >= 4 is 17.5 Å². The molecule has 8 nitrogen and oxygen atoms in total. The van der Waals surface area contributed by atoms with E-state index in [-0.39, 0.29) is 6.03 Å². The van der Waals surface area contributed by atoms with E-state index in [0.29, 0.717) is 24.7 Å². The van der Waals surface area contributed by atoms with Crippen LogP contribution in [0.2, 0.25) is 0 Å². The summed E-state index contributed by atoms with van der Waals surface area (Å²) in [6, 6.07) is 9.31. The van der Waals surface area contributed by atoms with E-state index >= 15 is 0 Å². The maximum absolute atomic E-state index is 12.0. The summed E-state index contributed by atoms with van der Waals surface area (Å²) in [6.07, 6.45) is 3.33. The Bertz CT molecular complexity index is 935. The molecule has 3 aromatic rings. The Morgan fingerprint density at radius 1 is 1.11 bits per heavy atom. The molecule has 1 aromatic carbocycles. The van der Waals surface area contributed by atoms with Gasteiger partial charge in [0.25, 0.3) is 0 Å². The van der Waals surface area contributed by atoms with E-state index in [1.165, 1.54) is 6.33 Å². The molecule has 0 radical (unpaired) electrons. The zero-order valence-electron chi connectivity index (χ0n) is 15.7. The van der Waals surface area contributed by atoms with Gasteiger partial charge in [-0.1, -0.05) is 12.1 Å². The van der Waals surface area contributed by atoms with Gasteiger partial charge in [0, 0.05) is 31.0 Å². The van der Waals surface area contributed by atoms with Gasteiger partial charge in [-0.25, -0.2) is 19.4 Å². The first kappa shape index (κ1) is 18.4. The van der Waals surface area contributed by atoms with Crippen molar-refractivity contribution in [3.63, 3.8) is 0 Å². The molecule has 27 heavy (non-hydrogen) atoms. The Morgan fingerprint density at radius 2 is 1.96 bits per heavy atom. The summed E-state index contributed by atoms with van der Waals surface area (Å²) in [5.74, 6) is 1.35. The molecule has 0 saturated heterocycles. The molecule has 0 aliphatic carbocycles. The molecular formula is C19H23N7O. The number of nitrogens with zero attached hydrogens (tertiary/aromatic N) is 4. The molecule has 3 N–H and O–H groups in total. The third-order valence-corrected chi connectivity index (χ3v) is 4.18. The molecule has 3 rings (SSSR count).